The third-order valence-electron chi connectivity index (χ3n) is 5.32. The third kappa shape index (κ3) is 2.53. The summed E-state index contributed by atoms with van der Waals surface area (Å²) < 4.78 is 7.25. The van der Waals surface area contributed by atoms with Crippen LogP contribution in [0.1, 0.15) is 32.3 Å². The highest BCUT2D eigenvalue weighted by molar-refractivity contribution is 5.75. The first kappa shape index (κ1) is 17.0. The summed E-state index contributed by atoms with van der Waals surface area (Å²) in [6.45, 7) is 8.31. The Morgan fingerprint density at radius 2 is 1.92 bits per heavy atom. The number of hydrogen-bond acceptors (Lipinski definition) is 5. The van der Waals surface area contributed by atoms with Gasteiger partial charge in [-0.1, -0.05) is 13.8 Å². The molecule has 0 atom stereocenters. The normalized spacial score (nSPS) is 19.0. The largest absolute Gasteiger partial charge is 0.481 e. The molecular weight excluding hydrogens is 302 g/mol. The van der Waals surface area contributed by atoms with Crippen LogP contribution in [0.3, 0.4) is 0 Å². The summed E-state index contributed by atoms with van der Waals surface area (Å²) in [5.74, 6) is 1.80. The molecule has 0 aromatic carbocycles. The van der Waals surface area contributed by atoms with Crippen molar-refractivity contribution in [3.8, 4) is 5.88 Å². The van der Waals surface area contributed by atoms with Crippen molar-refractivity contribution in [2.75, 3.05) is 39.2 Å². The van der Waals surface area contributed by atoms with E-state index in [0.717, 1.165) is 41.9 Å². The second-order valence-corrected chi connectivity index (χ2v) is 7.10. The summed E-state index contributed by atoms with van der Waals surface area (Å²) in [4.78, 5) is 9.27. The number of methoxy groups -OCH3 is 1. The maximum Gasteiger partial charge on any atom is 0.215 e. The Kier molecular flexibility index (Phi) is 4.42. The Morgan fingerprint density at radius 3 is 2.50 bits per heavy atom. The van der Waals surface area contributed by atoms with E-state index < -0.39 is 0 Å². The number of fused-ring (bicyclic) bond motifs is 1. The Morgan fingerprint density at radius 1 is 1.25 bits per heavy atom. The lowest BCUT2D eigenvalue weighted by Crippen LogP contribution is -2.66. The highest BCUT2D eigenvalue weighted by Gasteiger charge is 2.53. The smallest absolute Gasteiger partial charge is 0.215 e. The molecular formula is C18H29N5O. The van der Waals surface area contributed by atoms with Gasteiger partial charge < -0.3 is 14.5 Å². The van der Waals surface area contributed by atoms with Crippen LogP contribution in [0, 0.1) is 12.3 Å². The molecule has 4 rings (SSSR count). The molecule has 132 valence electrons. The van der Waals surface area contributed by atoms with Crippen LogP contribution in [0.25, 0.3) is 5.52 Å². The molecule has 2 fully saturated rings. The van der Waals surface area contributed by atoms with Crippen molar-refractivity contribution in [1.29, 1.82) is 0 Å². The molecule has 2 aliphatic rings. The highest BCUT2D eigenvalue weighted by Crippen LogP contribution is 2.51. The molecule has 0 unspecified atom stereocenters. The first-order chi connectivity index (χ1) is 11.5. The monoisotopic (exact) mass is 331 g/mol. The summed E-state index contributed by atoms with van der Waals surface area (Å²) >= 11 is 0. The molecule has 0 amide bonds. The Balaban J connectivity index is 0.000000815. The van der Waals surface area contributed by atoms with Crippen molar-refractivity contribution < 1.29 is 4.74 Å². The van der Waals surface area contributed by atoms with Crippen molar-refractivity contribution in [1.82, 2.24) is 19.5 Å². The van der Waals surface area contributed by atoms with E-state index in [9.17, 15) is 0 Å². The fourth-order valence-electron chi connectivity index (χ4n) is 4.02. The van der Waals surface area contributed by atoms with E-state index in [1.165, 1.54) is 12.8 Å². The summed E-state index contributed by atoms with van der Waals surface area (Å²) in [6.07, 6.45) is 4.24. The van der Waals surface area contributed by atoms with Crippen molar-refractivity contribution in [2.24, 2.45) is 5.41 Å². The van der Waals surface area contributed by atoms with Gasteiger partial charge in [-0.3, -0.25) is 0 Å². The number of hydrogen-bond donors (Lipinski definition) is 0. The lowest BCUT2D eigenvalue weighted by molar-refractivity contribution is 0.00103. The number of aromatic nitrogens is 3. The van der Waals surface area contributed by atoms with Gasteiger partial charge in [0, 0.05) is 30.6 Å². The van der Waals surface area contributed by atoms with Gasteiger partial charge in [0.1, 0.15) is 11.8 Å². The van der Waals surface area contributed by atoms with E-state index in [4.69, 9.17) is 4.74 Å². The van der Waals surface area contributed by atoms with E-state index in [1.807, 2.05) is 24.4 Å². The summed E-state index contributed by atoms with van der Waals surface area (Å²) in [6, 6.07) is 2.77. The van der Waals surface area contributed by atoms with Crippen LogP contribution in [0.15, 0.2) is 12.4 Å². The molecule has 1 spiro atoms. The SMILES string of the molecule is CC.COc1cc(C)c2c(N3CC4(CC(N(C)C)C4)C3)ncnn12. The summed E-state index contributed by atoms with van der Waals surface area (Å²) in [5, 5.41) is 4.33. The van der Waals surface area contributed by atoms with Gasteiger partial charge in [-0.05, 0) is 39.4 Å². The number of aryl methyl sites for hydroxylation is 1. The zero-order chi connectivity index (χ0) is 17.5. The fraction of sp³-hybridized carbons (Fsp3) is 0.667. The van der Waals surface area contributed by atoms with Crippen molar-refractivity contribution in [2.45, 2.75) is 39.7 Å². The Hall–Kier alpha value is -1.82. The number of rotatable bonds is 3. The molecule has 0 radical (unpaired) electrons. The molecule has 0 N–H and O–H groups in total. The molecule has 24 heavy (non-hydrogen) atoms. The molecule has 1 aliphatic heterocycles. The number of nitrogens with zero attached hydrogens (tertiary/aromatic N) is 5. The van der Waals surface area contributed by atoms with Gasteiger partial charge in [0.25, 0.3) is 0 Å². The molecule has 0 bridgehead atoms. The van der Waals surface area contributed by atoms with Crippen LogP contribution in [0.2, 0.25) is 0 Å². The lowest BCUT2D eigenvalue weighted by atomic mass is 9.60. The third-order valence-corrected chi connectivity index (χ3v) is 5.32. The first-order valence-corrected chi connectivity index (χ1v) is 8.82. The Labute approximate surface area is 144 Å². The molecule has 6 nitrogen and oxygen atoms in total. The minimum atomic E-state index is 0.515. The van der Waals surface area contributed by atoms with Gasteiger partial charge in [0.15, 0.2) is 5.82 Å². The highest BCUT2D eigenvalue weighted by atomic mass is 16.5. The number of ether oxygens (including phenoxy) is 1. The van der Waals surface area contributed by atoms with Crippen LogP contribution in [-0.2, 0) is 0 Å². The Bertz CT molecular complexity index is 710. The van der Waals surface area contributed by atoms with Gasteiger partial charge in [-0.15, -0.1) is 0 Å². The van der Waals surface area contributed by atoms with Crippen LogP contribution < -0.4 is 9.64 Å². The summed E-state index contributed by atoms with van der Waals surface area (Å²) in [5.41, 5.74) is 2.74. The lowest BCUT2D eigenvalue weighted by Gasteiger charge is -2.60. The summed E-state index contributed by atoms with van der Waals surface area (Å²) in [7, 11) is 6.04. The molecule has 1 aliphatic carbocycles. The average Bonchev–Trinajstić information content (AvgIpc) is 2.83. The molecule has 1 saturated carbocycles. The van der Waals surface area contributed by atoms with Crippen LogP contribution in [0.4, 0.5) is 5.82 Å². The van der Waals surface area contributed by atoms with Crippen LogP contribution in [0.5, 0.6) is 5.88 Å². The maximum absolute atomic E-state index is 5.40. The van der Waals surface area contributed by atoms with Crippen molar-refractivity contribution >= 4 is 11.3 Å². The van der Waals surface area contributed by atoms with Crippen molar-refractivity contribution in [3.63, 3.8) is 0 Å². The predicted molar refractivity (Wildman–Crippen MR) is 97.0 cm³/mol. The average molecular weight is 331 g/mol. The molecule has 6 heteroatoms. The van der Waals surface area contributed by atoms with E-state index in [0.29, 0.717) is 5.41 Å². The molecule has 3 heterocycles. The predicted octanol–water partition coefficient (Wildman–Crippen LogP) is 2.60. The van der Waals surface area contributed by atoms with Gasteiger partial charge >= 0.3 is 0 Å². The van der Waals surface area contributed by atoms with Gasteiger partial charge in [0.2, 0.25) is 5.88 Å². The van der Waals surface area contributed by atoms with E-state index >= 15 is 0 Å². The minimum absolute atomic E-state index is 0.515. The van der Waals surface area contributed by atoms with E-state index in [2.05, 4.69) is 40.9 Å². The minimum Gasteiger partial charge on any atom is -0.481 e. The van der Waals surface area contributed by atoms with Crippen LogP contribution in [-0.4, -0.2) is 59.8 Å². The fourth-order valence-corrected chi connectivity index (χ4v) is 4.02. The first-order valence-electron chi connectivity index (χ1n) is 8.82. The van der Waals surface area contributed by atoms with E-state index in [1.54, 1.807) is 13.4 Å². The zero-order valence-electron chi connectivity index (χ0n) is 15.7. The second kappa shape index (κ2) is 6.24. The zero-order valence-corrected chi connectivity index (χ0v) is 15.7. The number of anilines is 1. The van der Waals surface area contributed by atoms with Crippen molar-refractivity contribution in [3.05, 3.63) is 18.0 Å². The quantitative estimate of drug-likeness (QED) is 0.865. The molecule has 2 aromatic rings. The standard InChI is InChI=1S/C16H23N5O.C2H6/c1-11-5-13(22-4)21-14(11)15(17-10-18-21)20-8-16(9-20)6-12(7-16)19(2)3;1-2/h5,10,12H,6-9H2,1-4H3;1-2H3. The van der Waals surface area contributed by atoms with Gasteiger partial charge in [-0.2, -0.15) is 9.61 Å². The molecule has 1 saturated heterocycles. The van der Waals surface area contributed by atoms with Gasteiger partial charge in [-0.25, -0.2) is 4.98 Å². The molecule has 2 aromatic heterocycles. The maximum atomic E-state index is 5.40. The second-order valence-electron chi connectivity index (χ2n) is 7.10. The van der Waals surface area contributed by atoms with Gasteiger partial charge in [0.05, 0.1) is 7.11 Å². The van der Waals surface area contributed by atoms with Crippen LogP contribution >= 0.6 is 0 Å². The topological polar surface area (TPSA) is 45.9 Å². The van der Waals surface area contributed by atoms with E-state index in [-0.39, 0.29) is 0 Å².